The van der Waals surface area contributed by atoms with Crippen LogP contribution in [0.25, 0.3) is 22.4 Å². The van der Waals surface area contributed by atoms with Crippen LogP contribution in [-0.4, -0.2) is 35.3 Å². The van der Waals surface area contributed by atoms with Crippen molar-refractivity contribution in [2.75, 3.05) is 25.1 Å². The van der Waals surface area contributed by atoms with Crippen molar-refractivity contribution in [1.82, 2.24) is 9.97 Å². The molecule has 0 unspecified atom stereocenters. The van der Waals surface area contributed by atoms with Crippen LogP contribution in [0.4, 0.5) is 10.3 Å². The summed E-state index contributed by atoms with van der Waals surface area (Å²) in [5, 5.41) is 19.3. The lowest BCUT2D eigenvalue weighted by Crippen LogP contribution is -2.31. The van der Waals surface area contributed by atoms with E-state index in [0.29, 0.717) is 34.1 Å². The van der Waals surface area contributed by atoms with E-state index in [1.165, 1.54) is 25.7 Å². The van der Waals surface area contributed by atoms with Crippen molar-refractivity contribution in [3.63, 3.8) is 0 Å². The van der Waals surface area contributed by atoms with E-state index in [-0.39, 0.29) is 11.3 Å². The molecule has 152 valence electrons. The van der Waals surface area contributed by atoms with Gasteiger partial charge < -0.3 is 14.7 Å². The summed E-state index contributed by atoms with van der Waals surface area (Å²) in [6.45, 7) is 1.76. The Morgan fingerprint density at radius 3 is 2.53 bits per heavy atom. The van der Waals surface area contributed by atoms with Gasteiger partial charge in [-0.05, 0) is 49.1 Å². The van der Waals surface area contributed by atoms with E-state index in [1.54, 1.807) is 30.5 Å². The zero-order chi connectivity index (χ0) is 21.1. The number of nitrogens with zero attached hydrogens (tertiary/aromatic N) is 4. The van der Waals surface area contributed by atoms with Gasteiger partial charge in [0.05, 0.1) is 18.4 Å². The van der Waals surface area contributed by atoms with Gasteiger partial charge in [0.1, 0.15) is 11.9 Å². The third kappa shape index (κ3) is 3.77. The lowest BCUT2D eigenvalue weighted by atomic mass is 9.99. The standard InChI is InChI=1S/C23H21FN4O2/c1-30-21-8-7-15(12-20(21)29)18-14-26-23(28-9-3-2-4-10-28)27-22(18)16-5-6-17(13-25)19(24)11-16/h5-8,11-12,14,29H,2-4,9-10H2,1H3. The molecule has 0 saturated carbocycles. The van der Waals surface area contributed by atoms with Crippen molar-refractivity contribution in [1.29, 1.82) is 5.26 Å². The predicted molar refractivity (Wildman–Crippen MR) is 112 cm³/mol. The Morgan fingerprint density at radius 2 is 1.87 bits per heavy atom. The maximum Gasteiger partial charge on any atom is 0.225 e. The third-order valence-corrected chi connectivity index (χ3v) is 5.27. The number of anilines is 1. The number of aromatic hydroxyl groups is 1. The number of phenolic OH excluding ortho intramolecular Hbond substituents is 1. The van der Waals surface area contributed by atoms with E-state index in [9.17, 15) is 9.50 Å². The zero-order valence-electron chi connectivity index (χ0n) is 16.6. The van der Waals surface area contributed by atoms with Crippen molar-refractivity contribution in [3.8, 4) is 40.0 Å². The molecule has 1 N–H and O–H groups in total. The number of piperidine rings is 1. The van der Waals surface area contributed by atoms with E-state index in [1.807, 2.05) is 6.07 Å². The molecule has 6 nitrogen and oxygen atoms in total. The molecule has 2 heterocycles. The molecule has 0 aliphatic carbocycles. The average Bonchev–Trinajstić information content (AvgIpc) is 2.79. The fourth-order valence-electron chi connectivity index (χ4n) is 3.66. The summed E-state index contributed by atoms with van der Waals surface area (Å²) in [4.78, 5) is 11.4. The Kier molecular flexibility index (Phi) is 5.48. The van der Waals surface area contributed by atoms with E-state index in [0.717, 1.165) is 25.9 Å². The number of ether oxygens (including phenoxy) is 1. The van der Waals surface area contributed by atoms with Crippen molar-refractivity contribution in [3.05, 3.63) is 54.0 Å². The highest BCUT2D eigenvalue weighted by atomic mass is 19.1. The molecular formula is C23H21FN4O2. The molecule has 1 fully saturated rings. The number of phenols is 1. The van der Waals surface area contributed by atoms with Crippen LogP contribution in [-0.2, 0) is 0 Å². The van der Waals surface area contributed by atoms with E-state index in [4.69, 9.17) is 15.0 Å². The Hall–Kier alpha value is -3.66. The molecule has 1 aliphatic rings. The lowest BCUT2D eigenvalue weighted by molar-refractivity contribution is 0.373. The first-order valence-electron chi connectivity index (χ1n) is 9.80. The van der Waals surface area contributed by atoms with Crippen molar-refractivity contribution in [2.24, 2.45) is 0 Å². The van der Waals surface area contributed by atoms with Gasteiger partial charge in [0.15, 0.2) is 11.5 Å². The molecule has 1 aromatic heterocycles. The molecule has 0 spiro atoms. The van der Waals surface area contributed by atoms with Crippen molar-refractivity contribution >= 4 is 5.95 Å². The van der Waals surface area contributed by atoms with Crippen LogP contribution in [0.15, 0.2) is 42.6 Å². The largest absolute Gasteiger partial charge is 0.504 e. The number of halogens is 1. The highest BCUT2D eigenvalue weighted by Gasteiger charge is 2.19. The Bertz CT molecular complexity index is 1120. The SMILES string of the molecule is COc1ccc(-c2cnc(N3CCCCC3)nc2-c2ccc(C#N)c(F)c2)cc1O. The molecule has 0 radical (unpaired) electrons. The Morgan fingerprint density at radius 1 is 1.10 bits per heavy atom. The third-order valence-electron chi connectivity index (χ3n) is 5.27. The maximum atomic E-state index is 14.4. The van der Waals surface area contributed by atoms with Gasteiger partial charge in [-0.1, -0.05) is 12.1 Å². The van der Waals surface area contributed by atoms with Crippen LogP contribution in [0, 0.1) is 17.1 Å². The monoisotopic (exact) mass is 404 g/mol. The number of hydrogen-bond acceptors (Lipinski definition) is 6. The quantitative estimate of drug-likeness (QED) is 0.688. The number of hydrogen-bond donors (Lipinski definition) is 1. The molecule has 1 saturated heterocycles. The minimum Gasteiger partial charge on any atom is -0.504 e. The second kappa shape index (κ2) is 8.37. The van der Waals surface area contributed by atoms with Gasteiger partial charge in [-0.3, -0.25) is 0 Å². The number of nitriles is 1. The molecule has 2 aromatic carbocycles. The fraction of sp³-hybridized carbons (Fsp3) is 0.261. The maximum absolute atomic E-state index is 14.4. The van der Waals surface area contributed by atoms with E-state index >= 15 is 0 Å². The zero-order valence-corrected chi connectivity index (χ0v) is 16.6. The fourth-order valence-corrected chi connectivity index (χ4v) is 3.66. The summed E-state index contributed by atoms with van der Waals surface area (Å²) < 4.78 is 19.5. The predicted octanol–water partition coefficient (Wildman–Crippen LogP) is 4.53. The number of aromatic nitrogens is 2. The molecule has 3 aromatic rings. The second-order valence-electron chi connectivity index (χ2n) is 7.17. The summed E-state index contributed by atoms with van der Waals surface area (Å²) in [6, 6.07) is 11.3. The van der Waals surface area contributed by atoms with Gasteiger partial charge in [0.25, 0.3) is 0 Å². The first-order valence-corrected chi connectivity index (χ1v) is 9.80. The van der Waals surface area contributed by atoms with Gasteiger partial charge in [-0.25, -0.2) is 14.4 Å². The van der Waals surface area contributed by atoms with Crippen LogP contribution in [0.2, 0.25) is 0 Å². The number of methoxy groups -OCH3 is 1. The molecule has 0 bridgehead atoms. The smallest absolute Gasteiger partial charge is 0.225 e. The van der Waals surface area contributed by atoms with Gasteiger partial charge in [-0.2, -0.15) is 5.26 Å². The Balaban J connectivity index is 1.86. The van der Waals surface area contributed by atoms with Crippen molar-refractivity contribution in [2.45, 2.75) is 19.3 Å². The first kappa shape index (κ1) is 19.6. The van der Waals surface area contributed by atoms with Gasteiger partial charge in [0, 0.05) is 30.4 Å². The minimum atomic E-state index is -0.600. The summed E-state index contributed by atoms with van der Waals surface area (Å²) in [7, 11) is 1.48. The molecule has 0 atom stereocenters. The number of benzene rings is 2. The van der Waals surface area contributed by atoms with Crippen LogP contribution in [0.1, 0.15) is 24.8 Å². The molecule has 7 heteroatoms. The Labute approximate surface area is 174 Å². The highest BCUT2D eigenvalue weighted by molar-refractivity contribution is 5.82. The normalized spacial score (nSPS) is 13.7. The second-order valence-corrected chi connectivity index (χ2v) is 7.17. The lowest BCUT2D eigenvalue weighted by Gasteiger charge is -2.27. The summed E-state index contributed by atoms with van der Waals surface area (Å²) in [5.74, 6) is 0.343. The van der Waals surface area contributed by atoms with Crippen LogP contribution in [0.5, 0.6) is 11.5 Å². The molecule has 1 aliphatic heterocycles. The van der Waals surface area contributed by atoms with Crippen LogP contribution >= 0.6 is 0 Å². The topological polar surface area (TPSA) is 82.3 Å². The van der Waals surface area contributed by atoms with Crippen molar-refractivity contribution < 1.29 is 14.2 Å². The van der Waals surface area contributed by atoms with Gasteiger partial charge in [0.2, 0.25) is 5.95 Å². The van der Waals surface area contributed by atoms with Crippen LogP contribution in [0.3, 0.4) is 0 Å². The van der Waals surface area contributed by atoms with Crippen LogP contribution < -0.4 is 9.64 Å². The first-order chi connectivity index (χ1) is 14.6. The summed E-state index contributed by atoms with van der Waals surface area (Å²) in [5.41, 5.74) is 2.39. The summed E-state index contributed by atoms with van der Waals surface area (Å²) >= 11 is 0. The van der Waals surface area contributed by atoms with Gasteiger partial charge in [-0.15, -0.1) is 0 Å². The molecule has 30 heavy (non-hydrogen) atoms. The highest BCUT2D eigenvalue weighted by Crippen LogP contribution is 2.36. The number of rotatable bonds is 4. The van der Waals surface area contributed by atoms with Gasteiger partial charge >= 0.3 is 0 Å². The molecule has 0 amide bonds. The summed E-state index contributed by atoms with van der Waals surface area (Å²) in [6.07, 6.45) is 5.05. The van der Waals surface area contributed by atoms with E-state index in [2.05, 4.69) is 9.88 Å². The van der Waals surface area contributed by atoms with E-state index < -0.39 is 5.82 Å². The minimum absolute atomic E-state index is 0.00735. The molecule has 4 rings (SSSR count). The molecular weight excluding hydrogens is 383 g/mol. The average molecular weight is 404 g/mol.